The van der Waals surface area contributed by atoms with E-state index in [9.17, 15) is 31.1 Å². The molecule has 40 heavy (non-hydrogen) atoms. The highest BCUT2D eigenvalue weighted by Crippen LogP contribution is 2.39. The summed E-state index contributed by atoms with van der Waals surface area (Å²) in [5.41, 5.74) is 2.78. The average molecular weight is 585 g/mol. The molecule has 0 amide bonds. The Hall–Kier alpha value is -3.13. The van der Waals surface area contributed by atoms with Gasteiger partial charge in [0, 0.05) is 24.5 Å². The lowest BCUT2D eigenvalue weighted by Gasteiger charge is -2.30. The van der Waals surface area contributed by atoms with E-state index in [0.29, 0.717) is 24.0 Å². The summed E-state index contributed by atoms with van der Waals surface area (Å²) in [5.74, 6) is -5.52. The largest absolute Gasteiger partial charge is 0.490 e. The van der Waals surface area contributed by atoms with Crippen molar-refractivity contribution in [1.29, 1.82) is 0 Å². The minimum atomic E-state index is -5.08. The first-order valence-electron chi connectivity index (χ1n) is 12.5. The maximum atomic E-state index is 10.6. The lowest BCUT2D eigenvalue weighted by Crippen LogP contribution is -2.41. The number of nitrogens with one attached hydrogen (secondary N) is 2. The van der Waals surface area contributed by atoms with E-state index in [1.165, 1.54) is 43.2 Å². The fourth-order valence-corrected chi connectivity index (χ4v) is 4.11. The molecule has 2 fully saturated rings. The third-order valence-electron chi connectivity index (χ3n) is 6.23. The molecule has 0 aliphatic heterocycles. The molecule has 1 aromatic rings. The van der Waals surface area contributed by atoms with E-state index in [0.717, 1.165) is 13.0 Å². The highest BCUT2D eigenvalue weighted by atomic mass is 19.4. The van der Waals surface area contributed by atoms with Gasteiger partial charge in [0.2, 0.25) is 0 Å². The minimum absolute atomic E-state index is 0.267. The predicted octanol–water partition coefficient (Wildman–Crippen LogP) is 5.10. The zero-order valence-corrected chi connectivity index (χ0v) is 21.8. The standard InChI is InChI=1S/C22H32N2O2.2C2HF3O2/c1-16(14-17-6-3-2-4-7-17)20-15-21(20)24-19-11-9-18(10-12-19)23-13-5-8-22(25)26;2*3-2(4,5)1(6)7/h2-4,6-7,14,18-21,23-24H,5,8-13,15H2,1H3,(H,25,26);2*(H,6,7)/t18?,19?,20-,21+;;/m0../s1. The average Bonchev–Trinajstić information content (AvgIpc) is 3.62. The first-order valence-corrected chi connectivity index (χ1v) is 12.5. The van der Waals surface area contributed by atoms with E-state index < -0.39 is 30.3 Å². The molecule has 226 valence electrons. The molecule has 3 rings (SSSR count). The maximum absolute atomic E-state index is 10.6. The van der Waals surface area contributed by atoms with Gasteiger partial charge in [-0.15, -0.1) is 0 Å². The number of carboxylic acids is 3. The lowest BCUT2D eigenvalue weighted by atomic mass is 9.91. The van der Waals surface area contributed by atoms with Crippen LogP contribution >= 0.6 is 0 Å². The molecule has 2 saturated carbocycles. The zero-order chi connectivity index (χ0) is 30.5. The molecule has 0 bridgehead atoms. The molecule has 5 N–H and O–H groups in total. The van der Waals surface area contributed by atoms with Gasteiger partial charge in [-0.1, -0.05) is 42.0 Å². The van der Waals surface area contributed by atoms with Crippen LogP contribution in [0.1, 0.15) is 57.4 Å². The Morgan fingerprint density at radius 1 is 0.875 bits per heavy atom. The second kappa shape index (κ2) is 16.2. The van der Waals surface area contributed by atoms with Crippen molar-refractivity contribution in [3.05, 3.63) is 41.5 Å². The summed E-state index contributed by atoms with van der Waals surface area (Å²) >= 11 is 0. The number of halogens is 6. The molecule has 2 aliphatic carbocycles. The monoisotopic (exact) mass is 584 g/mol. The van der Waals surface area contributed by atoms with E-state index in [-0.39, 0.29) is 6.42 Å². The quantitative estimate of drug-likeness (QED) is 0.200. The summed E-state index contributed by atoms with van der Waals surface area (Å²) in [4.78, 5) is 28.3. The number of rotatable bonds is 9. The van der Waals surface area contributed by atoms with Crippen LogP contribution in [0.3, 0.4) is 0 Å². The van der Waals surface area contributed by atoms with E-state index in [4.69, 9.17) is 24.9 Å². The highest BCUT2D eigenvalue weighted by Gasteiger charge is 2.40. The van der Waals surface area contributed by atoms with Crippen LogP contribution in [-0.2, 0) is 14.4 Å². The van der Waals surface area contributed by atoms with Gasteiger partial charge in [-0.3, -0.25) is 4.79 Å². The van der Waals surface area contributed by atoms with Crippen molar-refractivity contribution in [3.8, 4) is 0 Å². The van der Waals surface area contributed by atoms with Crippen molar-refractivity contribution < 1.29 is 56.0 Å². The topological polar surface area (TPSA) is 136 Å². The van der Waals surface area contributed by atoms with Crippen LogP contribution in [-0.4, -0.2) is 70.3 Å². The molecule has 2 atom stereocenters. The minimum Gasteiger partial charge on any atom is -0.481 e. The van der Waals surface area contributed by atoms with Crippen LogP contribution in [0, 0.1) is 5.92 Å². The Bertz CT molecular complexity index is 952. The fourth-order valence-electron chi connectivity index (χ4n) is 4.11. The smallest absolute Gasteiger partial charge is 0.481 e. The van der Waals surface area contributed by atoms with E-state index in [1.807, 2.05) is 0 Å². The second-order valence-electron chi connectivity index (χ2n) is 9.52. The summed E-state index contributed by atoms with van der Waals surface area (Å²) < 4.78 is 63.5. The van der Waals surface area contributed by atoms with E-state index >= 15 is 0 Å². The number of aliphatic carboxylic acids is 3. The Labute approximate surface area is 227 Å². The van der Waals surface area contributed by atoms with Crippen molar-refractivity contribution >= 4 is 24.0 Å². The number of hydrogen-bond donors (Lipinski definition) is 5. The van der Waals surface area contributed by atoms with Gasteiger partial charge in [-0.05, 0) is 63.5 Å². The Kier molecular flexibility index (Phi) is 14.1. The predicted molar refractivity (Wildman–Crippen MR) is 133 cm³/mol. The van der Waals surface area contributed by atoms with Gasteiger partial charge in [0.15, 0.2) is 0 Å². The van der Waals surface area contributed by atoms with E-state index in [2.05, 4.69) is 54.0 Å². The van der Waals surface area contributed by atoms with Crippen LogP contribution in [0.5, 0.6) is 0 Å². The lowest BCUT2D eigenvalue weighted by molar-refractivity contribution is -0.193. The summed E-state index contributed by atoms with van der Waals surface area (Å²) in [6, 6.07) is 12.4. The molecule has 0 heterocycles. The molecule has 1 aromatic carbocycles. The molecular weight excluding hydrogens is 550 g/mol. The van der Waals surface area contributed by atoms with Crippen molar-refractivity contribution in [2.24, 2.45) is 5.92 Å². The number of hydrogen-bond acceptors (Lipinski definition) is 5. The number of alkyl halides is 6. The van der Waals surface area contributed by atoms with Gasteiger partial charge in [-0.25, -0.2) is 9.59 Å². The maximum Gasteiger partial charge on any atom is 0.490 e. The summed E-state index contributed by atoms with van der Waals surface area (Å²) in [7, 11) is 0. The molecule has 8 nitrogen and oxygen atoms in total. The molecule has 0 radical (unpaired) electrons. The van der Waals surface area contributed by atoms with Crippen molar-refractivity contribution in [3.63, 3.8) is 0 Å². The third kappa shape index (κ3) is 14.9. The Morgan fingerprint density at radius 2 is 1.35 bits per heavy atom. The first kappa shape index (κ1) is 34.9. The molecular formula is C26H34F6N2O6. The fraction of sp³-hybridized carbons (Fsp3) is 0.577. The van der Waals surface area contributed by atoms with Crippen LogP contribution < -0.4 is 10.6 Å². The van der Waals surface area contributed by atoms with Gasteiger partial charge in [0.1, 0.15) is 0 Å². The normalized spacial score (nSPS) is 22.6. The van der Waals surface area contributed by atoms with Crippen molar-refractivity contribution in [2.75, 3.05) is 6.54 Å². The van der Waals surface area contributed by atoms with Crippen LogP contribution in [0.4, 0.5) is 26.3 Å². The van der Waals surface area contributed by atoms with Gasteiger partial charge in [0.25, 0.3) is 0 Å². The number of carbonyl (C=O) groups is 3. The van der Waals surface area contributed by atoms with Gasteiger partial charge in [0.05, 0.1) is 0 Å². The summed E-state index contributed by atoms with van der Waals surface area (Å²) in [6.45, 7) is 3.08. The molecule has 0 saturated heterocycles. The second-order valence-corrected chi connectivity index (χ2v) is 9.52. The zero-order valence-electron chi connectivity index (χ0n) is 21.8. The van der Waals surface area contributed by atoms with Crippen molar-refractivity contribution in [2.45, 2.75) is 82.3 Å². The third-order valence-corrected chi connectivity index (χ3v) is 6.23. The molecule has 0 spiro atoms. The Balaban J connectivity index is 0.000000473. The molecule has 2 aliphatic rings. The van der Waals surface area contributed by atoms with Crippen molar-refractivity contribution in [1.82, 2.24) is 10.6 Å². The molecule has 0 unspecified atom stereocenters. The number of benzene rings is 1. The highest BCUT2D eigenvalue weighted by molar-refractivity contribution is 5.73. The summed E-state index contributed by atoms with van der Waals surface area (Å²) in [6.07, 6.45) is -0.746. The molecule has 0 aromatic heterocycles. The SMILES string of the molecule is CC(=Cc1ccccc1)[C@@H]1C[C@H]1NC1CCC(NCCCC(=O)O)CC1.O=C(O)C(F)(F)F.O=C(O)C(F)(F)F. The van der Waals surface area contributed by atoms with Crippen LogP contribution in [0.25, 0.3) is 6.08 Å². The number of carboxylic acid groups (broad SMARTS) is 3. The van der Waals surface area contributed by atoms with Gasteiger partial charge in [-0.2, -0.15) is 26.3 Å². The van der Waals surface area contributed by atoms with Gasteiger partial charge >= 0.3 is 30.3 Å². The Morgan fingerprint density at radius 3 is 1.80 bits per heavy atom. The summed E-state index contributed by atoms with van der Waals surface area (Å²) in [5, 5.41) is 30.3. The van der Waals surface area contributed by atoms with E-state index in [1.54, 1.807) is 0 Å². The first-order chi connectivity index (χ1) is 18.5. The van der Waals surface area contributed by atoms with Crippen LogP contribution in [0.2, 0.25) is 0 Å². The van der Waals surface area contributed by atoms with Crippen LogP contribution in [0.15, 0.2) is 35.9 Å². The molecule has 14 heteroatoms. The van der Waals surface area contributed by atoms with Gasteiger partial charge < -0.3 is 26.0 Å².